The molecule has 0 unspecified atom stereocenters. The minimum Gasteiger partial charge on any atom is -0.483 e. The summed E-state index contributed by atoms with van der Waals surface area (Å²) in [5, 5.41) is 25.6. The minimum atomic E-state index is -0.604. The summed E-state index contributed by atoms with van der Waals surface area (Å²) in [5.41, 5.74) is 1.02. The van der Waals surface area contributed by atoms with Crippen LogP contribution in [0, 0.1) is 11.8 Å². The van der Waals surface area contributed by atoms with Gasteiger partial charge in [-0.25, -0.2) is 0 Å². The highest BCUT2D eigenvalue weighted by Crippen LogP contribution is 2.36. The topological polar surface area (TPSA) is 156 Å². The van der Waals surface area contributed by atoms with Gasteiger partial charge in [0.25, 0.3) is 6.47 Å². The average molecular weight is 437 g/mol. The third kappa shape index (κ3) is 6.27. The number of carbonyl (C=O) groups is 4. The molecule has 2 saturated heterocycles. The number of amides is 3. The van der Waals surface area contributed by atoms with Crippen molar-refractivity contribution < 1.29 is 29.4 Å². The van der Waals surface area contributed by atoms with Gasteiger partial charge in [0.05, 0.1) is 24.7 Å². The molecule has 3 amide bonds. The van der Waals surface area contributed by atoms with Crippen LogP contribution in [0.25, 0.3) is 0 Å². The maximum Gasteiger partial charge on any atom is 0.290 e. The van der Waals surface area contributed by atoms with E-state index in [1.165, 1.54) is 4.90 Å². The molecule has 2 fully saturated rings. The van der Waals surface area contributed by atoms with Crippen molar-refractivity contribution in [2.75, 3.05) is 26.2 Å². The molecule has 2 aliphatic heterocycles. The minimum absolute atomic E-state index is 0.0285. The standard InChI is InChI=1S/C19H29N5O4.CH2O2/c1-12(2)5-16-15(19(28)20-4-3-13-7-21-22-8-13)6-14-9-23(18(27)11-25)10-17(26)24(14)16;2-1-3/h7-8,12,14-16,25H,3-6,9-11H2,1-2H3,(H,20,28)(H,21,22);1H,(H,2,3)/t14-,15-,16-;/m0./s1. The van der Waals surface area contributed by atoms with Crippen molar-refractivity contribution in [2.45, 2.75) is 45.2 Å². The Hall–Kier alpha value is -2.95. The molecular weight excluding hydrogens is 406 g/mol. The first-order valence-corrected chi connectivity index (χ1v) is 10.3. The third-order valence-electron chi connectivity index (χ3n) is 5.59. The number of nitrogens with zero attached hydrogens (tertiary/aromatic N) is 3. The van der Waals surface area contributed by atoms with Gasteiger partial charge in [0.2, 0.25) is 17.7 Å². The molecule has 0 spiro atoms. The number of hydrogen-bond donors (Lipinski definition) is 4. The van der Waals surface area contributed by atoms with E-state index in [1.54, 1.807) is 12.4 Å². The zero-order valence-electron chi connectivity index (χ0n) is 17.9. The van der Waals surface area contributed by atoms with Crippen LogP contribution in [-0.4, -0.2) is 92.7 Å². The van der Waals surface area contributed by atoms with Gasteiger partial charge in [-0.05, 0) is 30.7 Å². The molecule has 3 heterocycles. The second-order valence-corrected chi connectivity index (χ2v) is 8.18. The number of carboxylic acid groups (broad SMARTS) is 1. The summed E-state index contributed by atoms with van der Waals surface area (Å²) in [4.78, 5) is 49.1. The first-order chi connectivity index (χ1) is 14.8. The van der Waals surface area contributed by atoms with Crippen LogP contribution in [-0.2, 0) is 25.6 Å². The maximum absolute atomic E-state index is 12.9. The Kier molecular flexibility index (Phi) is 8.98. The van der Waals surface area contributed by atoms with Crippen molar-refractivity contribution in [1.82, 2.24) is 25.3 Å². The largest absolute Gasteiger partial charge is 0.483 e. The molecule has 0 bridgehead atoms. The molecule has 172 valence electrons. The fourth-order valence-corrected chi connectivity index (χ4v) is 4.35. The normalized spacial score (nSPS) is 22.6. The first kappa shape index (κ1) is 24.3. The van der Waals surface area contributed by atoms with E-state index in [0.29, 0.717) is 31.8 Å². The van der Waals surface area contributed by atoms with Crippen LogP contribution in [0.1, 0.15) is 32.3 Å². The van der Waals surface area contributed by atoms with Gasteiger partial charge in [-0.2, -0.15) is 5.10 Å². The van der Waals surface area contributed by atoms with Gasteiger partial charge in [0.15, 0.2) is 0 Å². The van der Waals surface area contributed by atoms with Gasteiger partial charge in [-0.15, -0.1) is 0 Å². The Balaban J connectivity index is 0.00000107. The van der Waals surface area contributed by atoms with Gasteiger partial charge in [0, 0.05) is 25.3 Å². The average Bonchev–Trinajstić information content (AvgIpc) is 3.35. The smallest absolute Gasteiger partial charge is 0.290 e. The van der Waals surface area contributed by atoms with Crippen molar-refractivity contribution in [2.24, 2.45) is 11.8 Å². The Morgan fingerprint density at radius 1 is 1.42 bits per heavy atom. The number of H-pyrrole nitrogens is 1. The number of piperazine rings is 1. The summed E-state index contributed by atoms with van der Waals surface area (Å²) in [7, 11) is 0. The first-order valence-electron chi connectivity index (χ1n) is 10.3. The van der Waals surface area contributed by atoms with E-state index in [-0.39, 0.29) is 42.8 Å². The molecule has 11 nitrogen and oxygen atoms in total. The van der Waals surface area contributed by atoms with Gasteiger partial charge < -0.3 is 25.3 Å². The molecule has 31 heavy (non-hydrogen) atoms. The molecule has 11 heteroatoms. The highest BCUT2D eigenvalue weighted by molar-refractivity contribution is 5.88. The number of aliphatic hydroxyl groups is 1. The van der Waals surface area contributed by atoms with E-state index >= 15 is 0 Å². The Labute approximate surface area is 180 Å². The molecule has 4 N–H and O–H groups in total. The number of rotatable bonds is 7. The van der Waals surface area contributed by atoms with E-state index in [9.17, 15) is 14.4 Å². The predicted octanol–water partition coefficient (Wildman–Crippen LogP) is -0.764. The Morgan fingerprint density at radius 3 is 2.71 bits per heavy atom. The Morgan fingerprint density at radius 2 is 2.13 bits per heavy atom. The lowest BCUT2D eigenvalue weighted by Gasteiger charge is -2.40. The molecular formula is C20H31N5O6. The molecule has 0 saturated carbocycles. The van der Waals surface area contributed by atoms with Crippen molar-refractivity contribution in [1.29, 1.82) is 0 Å². The van der Waals surface area contributed by atoms with E-state index in [2.05, 4.69) is 29.4 Å². The fourth-order valence-electron chi connectivity index (χ4n) is 4.35. The van der Waals surface area contributed by atoms with Gasteiger partial charge in [-0.3, -0.25) is 24.3 Å². The summed E-state index contributed by atoms with van der Waals surface area (Å²) in [6.45, 7) is 4.16. The van der Waals surface area contributed by atoms with Gasteiger partial charge in [0.1, 0.15) is 6.61 Å². The highest BCUT2D eigenvalue weighted by Gasteiger charge is 2.49. The maximum atomic E-state index is 12.9. The third-order valence-corrected chi connectivity index (χ3v) is 5.59. The summed E-state index contributed by atoms with van der Waals surface area (Å²) in [6.07, 6.45) is 5.50. The second kappa shape index (κ2) is 11.4. The number of aliphatic hydroxyl groups excluding tert-OH is 1. The number of hydrogen-bond acceptors (Lipinski definition) is 6. The van der Waals surface area contributed by atoms with Crippen LogP contribution in [0.5, 0.6) is 0 Å². The van der Waals surface area contributed by atoms with Gasteiger partial charge in [-0.1, -0.05) is 13.8 Å². The molecule has 2 aliphatic rings. The summed E-state index contributed by atoms with van der Waals surface area (Å²) in [5.74, 6) is -0.574. The van der Waals surface area contributed by atoms with Crippen LogP contribution in [0.15, 0.2) is 12.4 Å². The Bertz CT molecular complexity index is 753. The SMILES string of the molecule is CC(C)C[C@H]1[C@@H](C(=O)NCCc2cn[nH]c2)C[C@H]2CN(C(=O)CO)CC(=O)N21.O=CO. The van der Waals surface area contributed by atoms with E-state index < -0.39 is 12.5 Å². The van der Waals surface area contributed by atoms with Crippen molar-refractivity contribution in [3.63, 3.8) is 0 Å². The van der Waals surface area contributed by atoms with Crippen molar-refractivity contribution in [3.8, 4) is 0 Å². The number of fused-ring (bicyclic) bond motifs is 1. The molecule has 0 aromatic carbocycles. The van der Waals surface area contributed by atoms with Crippen LogP contribution >= 0.6 is 0 Å². The zero-order chi connectivity index (χ0) is 23.0. The number of nitrogens with one attached hydrogen (secondary N) is 2. The van der Waals surface area contributed by atoms with Gasteiger partial charge >= 0.3 is 0 Å². The van der Waals surface area contributed by atoms with Crippen LogP contribution in [0.3, 0.4) is 0 Å². The van der Waals surface area contributed by atoms with Crippen LogP contribution < -0.4 is 5.32 Å². The highest BCUT2D eigenvalue weighted by atomic mass is 16.3. The molecule has 1 aromatic heterocycles. The van der Waals surface area contributed by atoms with Crippen LogP contribution in [0.4, 0.5) is 0 Å². The fraction of sp³-hybridized carbons (Fsp3) is 0.650. The van der Waals surface area contributed by atoms with E-state index in [4.69, 9.17) is 15.0 Å². The number of aromatic nitrogens is 2. The van der Waals surface area contributed by atoms with E-state index in [1.807, 2.05) is 4.90 Å². The molecule has 3 rings (SSSR count). The summed E-state index contributed by atoms with van der Waals surface area (Å²) < 4.78 is 0. The monoisotopic (exact) mass is 437 g/mol. The quantitative estimate of drug-likeness (QED) is 0.408. The molecule has 0 aliphatic carbocycles. The predicted molar refractivity (Wildman–Crippen MR) is 110 cm³/mol. The summed E-state index contributed by atoms with van der Waals surface area (Å²) in [6, 6.07) is -0.331. The summed E-state index contributed by atoms with van der Waals surface area (Å²) >= 11 is 0. The van der Waals surface area contributed by atoms with Crippen molar-refractivity contribution >= 4 is 24.2 Å². The molecule has 1 aromatic rings. The van der Waals surface area contributed by atoms with Crippen molar-refractivity contribution in [3.05, 3.63) is 18.0 Å². The zero-order valence-corrected chi connectivity index (χ0v) is 17.9. The lowest BCUT2D eigenvalue weighted by Crippen LogP contribution is -2.58. The lowest BCUT2D eigenvalue weighted by molar-refractivity contribution is -0.150. The van der Waals surface area contributed by atoms with Crippen LogP contribution in [0.2, 0.25) is 0 Å². The molecule has 0 radical (unpaired) electrons. The molecule has 3 atom stereocenters. The lowest BCUT2D eigenvalue weighted by atomic mass is 9.91. The number of carbonyl (C=O) groups excluding carboxylic acids is 3. The second-order valence-electron chi connectivity index (χ2n) is 8.18. The number of aromatic amines is 1. The van der Waals surface area contributed by atoms with E-state index in [0.717, 1.165) is 12.0 Å².